The zero-order chi connectivity index (χ0) is 11.4. The van der Waals surface area contributed by atoms with Gasteiger partial charge in [0.15, 0.2) is 0 Å². The highest BCUT2D eigenvalue weighted by Gasteiger charge is 2.32. The van der Waals surface area contributed by atoms with E-state index in [1.165, 1.54) is 0 Å². The Morgan fingerprint density at radius 1 is 1.25 bits per heavy atom. The Kier molecular flexibility index (Phi) is 3.87. The lowest BCUT2D eigenvalue weighted by Crippen LogP contribution is -2.32. The molecule has 1 saturated heterocycles. The van der Waals surface area contributed by atoms with Gasteiger partial charge in [0.1, 0.15) is 5.67 Å². The maximum absolute atomic E-state index is 14.4. The minimum Gasteiger partial charge on any atom is -0.326 e. The monoisotopic (exact) mass is 239 g/mol. The van der Waals surface area contributed by atoms with Crippen LogP contribution < -0.4 is 5.73 Å². The van der Waals surface area contributed by atoms with Crippen molar-refractivity contribution < 1.29 is 4.39 Å². The van der Waals surface area contributed by atoms with Crippen LogP contribution in [0, 0.1) is 0 Å². The summed E-state index contributed by atoms with van der Waals surface area (Å²) in [6, 6.07) is 7.99. The fraction of sp³-hybridized carbons (Fsp3) is 0.538. The molecular formula is C13H18FNS. The fourth-order valence-electron chi connectivity index (χ4n) is 2.12. The number of alkyl halides is 1. The van der Waals surface area contributed by atoms with E-state index in [0.717, 1.165) is 23.3 Å². The van der Waals surface area contributed by atoms with Gasteiger partial charge in [-0.05, 0) is 29.7 Å². The van der Waals surface area contributed by atoms with Gasteiger partial charge in [0.2, 0.25) is 0 Å². The molecule has 2 N–H and O–H groups in total. The smallest absolute Gasteiger partial charge is 0.124 e. The van der Waals surface area contributed by atoms with E-state index in [-0.39, 0.29) is 0 Å². The highest BCUT2D eigenvalue weighted by Crippen LogP contribution is 2.33. The van der Waals surface area contributed by atoms with Crippen molar-refractivity contribution in [2.75, 3.05) is 11.5 Å². The van der Waals surface area contributed by atoms with E-state index in [2.05, 4.69) is 0 Å². The maximum atomic E-state index is 14.4. The van der Waals surface area contributed by atoms with Crippen molar-refractivity contribution >= 4 is 11.8 Å². The van der Waals surface area contributed by atoms with E-state index in [1.807, 2.05) is 24.3 Å². The van der Waals surface area contributed by atoms with Crippen molar-refractivity contribution in [1.82, 2.24) is 0 Å². The van der Waals surface area contributed by atoms with Crippen molar-refractivity contribution in [3.05, 3.63) is 35.4 Å². The van der Waals surface area contributed by atoms with Gasteiger partial charge < -0.3 is 5.73 Å². The second kappa shape index (κ2) is 5.19. The van der Waals surface area contributed by atoms with Crippen LogP contribution in [-0.4, -0.2) is 17.2 Å². The molecule has 1 atom stereocenters. The Morgan fingerprint density at radius 3 is 2.50 bits per heavy atom. The van der Waals surface area contributed by atoms with Crippen molar-refractivity contribution in [2.45, 2.75) is 31.5 Å². The third-order valence-electron chi connectivity index (χ3n) is 3.05. The van der Waals surface area contributed by atoms with Gasteiger partial charge in [0, 0.05) is 18.7 Å². The molecule has 3 heteroatoms. The summed E-state index contributed by atoms with van der Waals surface area (Å²) in [4.78, 5) is 0. The lowest BCUT2D eigenvalue weighted by Gasteiger charge is -2.29. The molecule has 1 aromatic rings. The van der Waals surface area contributed by atoms with E-state index < -0.39 is 5.67 Å². The van der Waals surface area contributed by atoms with Crippen LogP contribution in [0.15, 0.2) is 24.3 Å². The summed E-state index contributed by atoms with van der Waals surface area (Å²) < 4.78 is 14.4. The molecule has 0 aliphatic carbocycles. The molecule has 1 fully saturated rings. The van der Waals surface area contributed by atoms with Gasteiger partial charge in [-0.2, -0.15) is 11.8 Å². The average molecular weight is 239 g/mol. The number of thioether (sulfide) groups is 1. The van der Waals surface area contributed by atoms with Gasteiger partial charge in [-0.3, -0.25) is 0 Å². The van der Waals surface area contributed by atoms with Crippen LogP contribution in [-0.2, 0) is 13.0 Å². The molecule has 0 spiro atoms. The Balaban J connectivity index is 2.01. The van der Waals surface area contributed by atoms with Crippen LogP contribution >= 0.6 is 11.8 Å². The first-order chi connectivity index (χ1) is 7.72. The Morgan fingerprint density at radius 2 is 1.94 bits per heavy atom. The summed E-state index contributed by atoms with van der Waals surface area (Å²) in [5.74, 6) is 1.75. The maximum Gasteiger partial charge on any atom is 0.124 e. The zero-order valence-electron chi connectivity index (χ0n) is 9.42. The first-order valence-corrected chi connectivity index (χ1v) is 6.92. The van der Waals surface area contributed by atoms with E-state index >= 15 is 0 Å². The van der Waals surface area contributed by atoms with Gasteiger partial charge in [0.25, 0.3) is 0 Å². The average Bonchev–Trinajstić information content (AvgIpc) is 2.30. The predicted octanol–water partition coefficient (Wildman–Crippen LogP) is 2.92. The van der Waals surface area contributed by atoms with E-state index in [0.29, 0.717) is 25.1 Å². The van der Waals surface area contributed by atoms with Crippen LogP contribution in [0.5, 0.6) is 0 Å². The zero-order valence-corrected chi connectivity index (χ0v) is 10.2. The van der Waals surface area contributed by atoms with Crippen molar-refractivity contribution in [2.24, 2.45) is 5.73 Å². The fourth-order valence-corrected chi connectivity index (χ4v) is 3.22. The second-order valence-corrected chi connectivity index (χ2v) is 5.61. The lowest BCUT2D eigenvalue weighted by molar-refractivity contribution is 0.176. The number of hydrogen-bond acceptors (Lipinski definition) is 2. The molecule has 0 saturated carbocycles. The molecule has 0 radical (unpaired) electrons. The van der Waals surface area contributed by atoms with Crippen LogP contribution in [0.1, 0.15) is 24.0 Å². The number of benzene rings is 1. The Labute approximate surface area is 101 Å². The highest BCUT2D eigenvalue weighted by atomic mass is 32.2. The van der Waals surface area contributed by atoms with Crippen molar-refractivity contribution in [3.63, 3.8) is 0 Å². The quantitative estimate of drug-likeness (QED) is 0.877. The minimum atomic E-state index is -0.993. The first kappa shape index (κ1) is 11.9. The summed E-state index contributed by atoms with van der Waals surface area (Å²) in [6.07, 6.45) is 2.26. The van der Waals surface area contributed by atoms with E-state index in [1.54, 1.807) is 11.8 Å². The molecule has 1 heterocycles. The number of rotatable bonds is 3. The molecule has 16 heavy (non-hydrogen) atoms. The van der Waals surface area contributed by atoms with Crippen LogP contribution in [0.4, 0.5) is 4.39 Å². The highest BCUT2D eigenvalue weighted by molar-refractivity contribution is 7.99. The summed E-state index contributed by atoms with van der Waals surface area (Å²) in [5, 5.41) is 0. The molecule has 1 aliphatic heterocycles. The van der Waals surface area contributed by atoms with E-state index in [4.69, 9.17) is 5.73 Å². The first-order valence-electron chi connectivity index (χ1n) is 5.76. The molecule has 88 valence electrons. The number of nitrogens with two attached hydrogens (primary N) is 1. The van der Waals surface area contributed by atoms with Gasteiger partial charge in [-0.25, -0.2) is 4.39 Å². The predicted molar refractivity (Wildman–Crippen MR) is 68.4 cm³/mol. The molecule has 1 aromatic carbocycles. The van der Waals surface area contributed by atoms with E-state index in [9.17, 15) is 4.39 Å². The van der Waals surface area contributed by atoms with Crippen LogP contribution in [0.25, 0.3) is 0 Å². The third kappa shape index (κ3) is 2.98. The molecular weight excluding hydrogens is 221 g/mol. The van der Waals surface area contributed by atoms with Gasteiger partial charge in [-0.15, -0.1) is 0 Å². The Bertz CT molecular complexity index is 330. The largest absolute Gasteiger partial charge is 0.326 e. The number of halogens is 1. The van der Waals surface area contributed by atoms with Gasteiger partial charge >= 0.3 is 0 Å². The van der Waals surface area contributed by atoms with Gasteiger partial charge in [-0.1, -0.05) is 24.3 Å². The van der Waals surface area contributed by atoms with Crippen LogP contribution in [0.2, 0.25) is 0 Å². The molecule has 0 bridgehead atoms. The van der Waals surface area contributed by atoms with Crippen molar-refractivity contribution in [3.8, 4) is 0 Å². The second-order valence-electron chi connectivity index (χ2n) is 4.50. The summed E-state index contributed by atoms with van der Waals surface area (Å²) in [7, 11) is 0. The molecule has 2 rings (SSSR count). The molecule has 1 nitrogen and oxygen atoms in total. The van der Waals surface area contributed by atoms with Crippen molar-refractivity contribution in [1.29, 1.82) is 0 Å². The Hall–Kier alpha value is -0.540. The van der Waals surface area contributed by atoms with Gasteiger partial charge in [0.05, 0.1) is 0 Å². The molecule has 0 amide bonds. The summed E-state index contributed by atoms with van der Waals surface area (Å²) in [5.41, 5.74) is 6.73. The third-order valence-corrected chi connectivity index (χ3v) is 4.35. The SMILES string of the molecule is NCc1ccc(CC2(F)CCCSC2)cc1. The molecule has 0 aromatic heterocycles. The molecule has 1 aliphatic rings. The summed E-state index contributed by atoms with van der Waals surface area (Å²) in [6.45, 7) is 0.552. The normalized spacial score (nSPS) is 25.6. The van der Waals surface area contributed by atoms with Crippen LogP contribution in [0.3, 0.4) is 0 Å². The summed E-state index contributed by atoms with van der Waals surface area (Å²) >= 11 is 1.73. The minimum absolute atomic E-state index is 0.546. The topological polar surface area (TPSA) is 26.0 Å². The standard InChI is InChI=1S/C13H18FNS/c14-13(6-1-7-16-10-13)8-11-2-4-12(9-15)5-3-11/h2-5H,1,6-10,15H2. The molecule has 1 unspecified atom stereocenters. The number of hydrogen-bond donors (Lipinski definition) is 1. The lowest BCUT2D eigenvalue weighted by atomic mass is 9.93.